The molecule has 1 aliphatic rings. The number of anilines is 1. The second kappa shape index (κ2) is 6.30. The predicted octanol–water partition coefficient (Wildman–Crippen LogP) is 2.28. The molecule has 6 heteroatoms. The Morgan fingerprint density at radius 1 is 1.38 bits per heavy atom. The molecule has 0 radical (unpaired) electrons. The highest BCUT2D eigenvalue weighted by molar-refractivity contribution is 7.22. The molecule has 1 aliphatic carbocycles. The molecular weight excluding hydrogens is 282 g/mol. The van der Waals surface area contributed by atoms with Gasteiger partial charge in [0.2, 0.25) is 0 Å². The van der Waals surface area contributed by atoms with Crippen LogP contribution in [0.4, 0.5) is 5.13 Å². The fourth-order valence-corrected chi connectivity index (χ4v) is 3.08. The fraction of sp³-hybridized carbons (Fsp3) is 0.467. The highest BCUT2D eigenvalue weighted by Gasteiger charge is 2.33. The number of aliphatic imine (C=N–C) groups is 1. The van der Waals surface area contributed by atoms with Crippen LogP contribution in [-0.2, 0) is 0 Å². The second-order valence-electron chi connectivity index (χ2n) is 5.38. The number of nitrogens with zero attached hydrogens (tertiary/aromatic N) is 2. The first-order chi connectivity index (χ1) is 10.3. The van der Waals surface area contributed by atoms with Crippen molar-refractivity contribution in [1.29, 1.82) is 0 Å². The van der Waals surface area contributed by atoms with E-state index in [9.17, 15) is 0 Å². The first kappa shape index (κ1) is 14.1. The van der Waals surface area contributed by atoms with Crippen molar-refractivity contribution in [2.45, 2.75) is 19.4 Å². The van der Waals surface area contributed by atoms with Gasteiger partial charge in [-0.05, 0) is 24.5 Å². The number of para-hydroxylation sites is 1. The summed E-state index contributed by atoms with van der Waals surface area (Å²) in [4.78, 5) is 8.79. The molecule has 3 N–H and O–H groups in total. The molecule has 1 heterocycles. The normalized spacial score (nSPS) is 21.3. The summed E-state index contributed by atoms with van der Waals surface area (Å²) in [6.45, 7) is 3.89. The zero-order valence-electron chi connectivity index (χ0n) is 12.4. The summed E-state index contributed by atoms with van der Waals surface area (Å²) < 4.78 is 1.22. The lowest BCUT2D eigenvalue weighted by Crippen LogP contribution is -2.41. The summed E-state index contributed by atoms with van der Waals surface area (Å²) in [5, 5.41) is 11.0. The van der Waals surface area contributed by atoms with E-state index in [4.69, 9.17) is 0 Å². The summed E-state index contributed by atoms with van der Waals surface area (Å²) in [7, 11) is 1.81. The Balaban J connectivity index is 1.43. The van der Waals surface area contributed by atoms with E-state index in [1.807, 2.05) is 25.2 Å². The van der Waals surface area contributed by atoms with Gasteiger partial charge < -0.3 is 16.0 Å². The Kier molecular flexibility index (Phi) is 4.24. The number of hydrogen-bond donors (Lipinski definition) is 3. The van der Waals surface area contributed by atoms with Crippen LogP contribution in [0.1, 0.15) is 13.3 Å². The van der Waals surface area contributed by atoms with Gasteiger partial charge in [0.15, 0.2) is 11.1 Å². The molecule has 112 valence electrons. The van der Waals surface area contributed by atoms with E-state index in [1.165, 1.54) is 11.1 Å². The minimum absolute atomic E-state index is 0.591. The Hall–Kier alpha value is -1.82. The predicted molar refractivity (Wildman–Crippen MR) is 90.2 cm³/mol. The molecule has 1 aromatic heterocycles. The van der Waals surface area contributed by atoms with Gasteiger partial charge in [-0.25, -0.2) is 4.98 Å². The third-order valence-corrected chi connectivity index (χ3v) is 4.64. The van der Waals surface area contributed by atoms with Crippen molar-refractivity contribution < 1.29 is 0 Å². The third-order valence-electron chi connectivity index (χ3n) is 3.64. The standard InChI is InChI=1S/C15H21N5S/c1-10-9-12(10)19-14(16-2)17-7-8-18-15-20-11-5-3-4-6-13(11)21-15/h3-6,10,12H,7-9H2,1-2H3,(H,18,20)(H2,16,17,19). The summed E-state index contributed by atoms with van der Waals surface area (Å²) in [6.07, 6.45) is 1.24. The molecule has 0 bridgehead atoms. The smallest absolute Gasteiger partial charge is 0.191 e. The zero-order chi connectivity index (χ0) is 14.7. The number of guanidine groups is 1. The van der Waals surface area contributed by atoms with E-state index in [-0.39, 0.29) is 0 Å². The van der Waals surface area contributed by atoms with E-state index in [0.717, 1.165) is 35.6 Å². The van der Waals surface area contributed by atoms with Crippen LogP contribution >= 0.6 is 11.3 Å². The average molecular weight is 303 g/mol. The van der Waals surface area contributed by atoms with Crippen LogP contribution in [0.3, 0.4) is 0 Å². The van der Waals surface area contributed by atoms with Gasteiger partial charge in [-0.3, -0.25) is 4.99 Å². The molecule has 21 heavy (non-hydrogen) atoms. The largest absolute Gasteiger partial charge is 0.360 e. The molecule has 0 amide bonds. The summed E-state index contributed by atoms with van der Waals surface area (Å²) in [5.74, 6) is 1.65. The van der Waals surface area contributed by atoms with E-state index in [0.29, 0.717) is 6.04 Å². The Morgan fingerprint density at radius 3 is 2.90 bits per heavy atom. The van der Waals surface area contributed by atoms with Crippen molar-refractivity contribution in [2.24, 2.45) is 10.9 Å². The molecular formula is C15H21N5S. The molecule has 2 aromatic rings. The lowest BCUT2D eigenvalue weighted by atomic mass is 10.3. The zero-order valence-corrected chi connectivity index (χ0v) is 13.2. The Bertz CT molecular complexity index is 603. The lowest BCUT2D eigenvalue weighted by molar-refractivity contribution is 0.767. The number of aromatic nitrogens is 1. The Labute approximate surface area is 128 Å². The SMILES string of the molecule is CN=C(NCCNc1nc2ccccc2s1)NC1CC1C. The maximum Gasteiger partial charge on any atom is 0.191 e. The molecule has 2 unspecified atom stereocenters. The van der Waals surface area contributed by atoms with E-state index >= 15 is 0 Å². The molecule has 3 rings (SSSR count). The quantitative estimate of drug-likeness (QED) is 0.450. The van der Waals surface area contributed by atoms with Gasteiger partial charge in [-0.15, -0.1) is 0 Å². The van der Waals surface area contributed by atoms with E-state index in [2.05, 4.69) is 38.9 Å². The van der Waals surface area contributed by atoms with Crippen LogP contribution in [0.25, 0.3) is 10.2 Å². The minimum atomic E-state index is 0.591. The van der Waals surface area contributed by atoms with Gasteiger partial charge in [0.05, 0.1) is 10.2 Å². The van der Waals surface area contributed by atoms with Crippen LogP contribution in [0, 0.1) is 5.92 Å². The fourth-order valence-electron chi connectivity index (χ4n) is 2.19. The summed E-state index contributed by atoms with van der Waals surface area (Å²) in [6, 6.07) is 8.78. The number of rotatable bonds is 5. The number of hydrogen-bond acceptors (Lipinski definition) is 4. The molecule has 0 spiro atoms. The molecule has 5 nitrogen and oxygen atoms in total. The highest BCUT2D eigenvalue weighted by atomic mass is 32.1. The van der Waals surface area contributed by atoms with Gasteiger partial charge >= 0.3 is 0 Å². The van der Waals surface area contributed by atoms with Gasteiger partial charge in [-0.2, -0.15) is 0 Å². The first-order valence-corrected chi connectivity index (χ1v) is 8.14. The monoisotopic (exact) mass is 303 g/mol. The number of fused-ring (bicyclic) bond motifs is 1. The topological polar surface area (TPSA) is 61.3 Å². The molecule has 1 saturated carbocycles. The van der Waals surface area contributed by atoms with Crippen molar-refractivity contribution in [3.63, 3.8) is 0 Å². The van der Waals surface area contributed by atoms with Crippen molar-refractivity contribution >= 4 is 32.6 Å². The Morgan fingerprint density at radius 2 is 2.19 bits per heavy atom. The molecule has 2 atom stereocenters. The average Bonchev–Trinajstić information content (AvgIpc) is 3.02. The third kappa shape index (κ3) is 3.64. The van der Waals surface area contributed by atoms with Gasteiger partial charge in [0.1, 0.15) is 0 Å². The van der Waals surface area contributed by atoms with E-state index < -0.39 is 0 Å². The summed E-state index contributed by atoms with van der Waals surface area (Å²) >= 11 is 1.69. The van der Waals surface area contributed by atoms with Crippen LogP contribution < -0.4 is 16.0 Å². The maximum atomic E-state index is 4.55. The number of thiazole rings is 1. The molecule has 1 fully saturated rings. The molecule has 0 aliphatic heterocycles. The van der Waals surface area contributed by atoms with Crippen LogP contribution in [-0.4, -0.2) is 37.1 Å². The van der Waals surface area contributed by atoms with Crippen LogP contribution in [0.15, 0.2) is 29.3 Å². The van der Waals surface area contributed by atoms with Crippen LogP contribution in [0.5, 0.6) is 0 Å². The van der Waals surface area contributed by atoms with E-state index in [1.54, 1.807) is 11.3 Å². The van der Waals surface area contributed by atoms with Gasteiger partial charge in [0.25, 0.3) is 0 Å². The molecule has 0 saturated heterocycles. The number of benzene rings is 1. The maximum absolute atomic E-state index is 4.55. The van der Waals surface area contributed by atoms with Gasteiger partial charge in [0, 0.05) is 26.2 Å². The van der Waals surface area contributed by atoms with Crippen molar-refractivity contribution in [2.75, 3.05) is 25.5 Å². The molecule has 1 aromatic carbocycles. The first-order valence-electron chi connectivity index (χ1n) is 7.33. The van der Waals surface area contributed by atoms with Crippen molar-refractivity contribution in [3.8, 4) is 0 Å². The van der Waals surface area contributed by atoms with Crippen LogP contribution in [0.2, 0.25) is 0 Å². The minimum Gasteiger partial charge on any atom is -0.360 e. The summed E-state index contributed by atoms with van der Waals surface area (Å²) in [5.41, 5.74) is 1.05. The van der Waals surface area contributed by atoms with Crippen molar-refractivity contribution in [3.05, 3.63) is 24.3 Å². The van der Waals surface area contributed by atoms with Gasteiger partial charge in [-0.1, -0.05) is 30.4 Å². The highest BCUT2D eigenvalue weighted by Crippen LogP contribution is 2.28. The van der Waals surface area contributed by atoms with Crippen molar-refractivity contribution in [1.82, 2.24) is 15.6 Å². The second-order valence-corrected chi connectivity index (χ2v) is 6.41. The number of nitrogens with one attached hydrogen (secondary N) is 3. The lowest BCUT2D eigenvalue weighted by Gasteiger charge is -2.11.